The summed E-state index contributed by atoms with van der Waals surface area (Å²) in [6.45, 7) is 2.95. The number of rotatable bonds is 5. The van der Waals surface area contributed by atoms with E-state index in [0.717, 1.165) is 45.2 Å². The first kappa shape index (κ1) is 20.1. The molecule has 3 rings (SSSR count). The summed E-state index contributed by atoms with van der Waals surface area (Å²) in [5, 5.41) is 15.3. The van der Waals surface area contributed by atoms with Crippen LogP contribution in [0.2, 0.25) is 0 Å². The van der Waals surface area contributed by atoms with Crippen LogP contribution in [0.5, 0.6) is 0 Å². The van der Waals surface area contributed by atoms with Crippen LogP contribution in [0.4, 0.5) is 0 Å². The fourth-order valence-corrected chi connectivity index (χ4v) is 3.95. The maximum atomic E-state index is 12.7. The van der Waals surface area contributed by atoms with Gasteiger partial charge in [0.05, 0.1) is 0 Å². The Morgan fingerprint density at radius 1 is 1.14 bits per heavy atom. The molecule has 0 saturated carbocycles. The molecule has 0 unspecified atom stereocenters. The number of carbonyl (C=O) groups excluding carboxylic acids is 2. The van der Waals surface area contributed by atoms with Crippen LogP contribution < -0.4 is 10.6 Å². The van der Waals surface area contributed by atoms with Crippen LogP contribution in [0, 0.1) is 23.2 Å². The first-order chi connectivity index (χ1) is 13.7. The number of likely N-dealkylation sites (tertiary alicyclic amines) is 1. The average Bonchev–Trinajstić information content (AvgIpc) is 2.75. The number of nitrogens with one attached hydrogen (secondary N) is 2. The highest BCUT2D eigenvalue weighted by Crippen LogP contribution is 2.22. The molecule has 0 radical (unpaired) electrons. The van der Waals surface area contributed by atoms with E-state index >= 15 is 0 Å². The second-order valence-electron chi connectivity index (χ2n) is 7.63. The van der Waals surface area contributed by atoms with E-state index in [2.05, 4.69) is 34.9 Å². The molecule has 0 spiro atoms. The van der Waals surface area contributed by atoms with Crippen LogP contribution in [0.1, 0.15) is 31.2 Å². The number of nitrogens with zero attached hydrogens (tertiary/aromatic N) is 2. The summed E-state index contributed by atoms with van der Waals surface area (Å²) in [6.07, 6.45) is 5.75. The lowest BCUT2D eigenvalue weighted by molar-refractivity contribution is -0.128. The molecule has 0 atom stereocenters. The molecule has 2 N–H and O–H groups in total. The number of hydrogen-bond donors (Lipinski definition) is 2. The average molecular weight is 380 g/mol. The normalized spacial score (nSPS) is 19.1. The van der Waals surface area contributed by atoms with Crippen molar-refractivity contribution in [2.45, 2.75) is 32.1 Å². The number of carbonyl (C=O) groups is 2. The van der Waals surface area contributed by atoms with Gasteiger partial charge in [-0.25, -0.2) is 0 Å². The van der Waals surface area contributed by atoms with E-state index in [1.54, 1.807) is 4.90 Å². The van der Waals surface area contributed by atoms with Crippen molar-refractivity contribution in [1.29, 1.82) is 5.26 Å². The first-order valence-corrected chi connectivity index (χ1v) is 10.1. The topological polar surface area (TPSA) is 85.2 Å². The second kappa shape index (κ2) is 10.0. The van der Waals surface area contributed by atoms with E-state index in [1.165, 1.54) is 11.8 Å². The van der Waals surface area contributed by atoms with Crippen LogP contribution in [0.25, 0.3) is 0 Å². The fraction of sp³-hybridized carbons (Fsp3) is 0.500. The number of piperidine rings is 2. The number of hydrogen-bond acceptors (Lipinski definition) is 4. The molecule has 2 aliphatic rings. The van der Waals surface area contributed by atoms with Gasteiger partial charge < -0.3 is 15.5 Å². The molecule has 0 aliphatic carbocycles. The Morgan fingerprint density at radius 3 is 2.46 bits per heavy atom. The minimum absolute atomic E-state index is 0.00351. The van der Waals surface area contributed by atoms with Crippen molar-refractivity contribution < 1.29 is 9.59 Å². The van der Waals surface area contributed by atoms with Gasteiger partial charge in [0, 0.05) is 25.2 Å². The third kappa shape index (κ3) is 5.43. The van der Waals surface area contributed by atoms with Gasteiger partial charge in [0.25, 0.3) is 5.91 Å². The predicted octanol–water partition coefficient (Wildman–Crippen LogP) is 1.99. The SMILES string of the molecule is N#C/C(=C/NC(=O)C1CCNCC1)C(=O)N1CCC(Cc2ccccc2)CC1. The Labute approximate surface area is 166 Å². The van der Waals surface area contributed by atoms with E-state index in [-0.39, 0.29) is 23.3 Å². The standard InChI is InChI=1S/C22H28N4O2/c23-15-20(16-25-21(27)19-6-10-24-11-7-19)22(28)26-12-8-18(9-13-26)14-17-4-2-1-3-5-17/h1-5,16,18-19,24H,6-14H2,(H,25,27)/b20-16-. The summed E-state index contributed by atoms with van der Waals surface area (Å²) in [4.78, 5) is 26.6. The summed E-state index contributed by atoms with van der Waals surface area (Å²) < 4.78 is 0. The smallest absolute Gasteiger partial charge is 0.266 e. The van der Waals surface area contributed by atoms with Gasteiger partial charge in [-0.2, -0.15) is 5.26 Å². The molecule has 28 heavy (non-hydrogen) atoms. The first-order valence-electron chi connectivity index (χ1n) is 10.1. The van der Waals surface area contributed by atoms with Gasteiger partial charge in [-0.1, -0.05) is 30.3 Å². The van der Waals surface area contributed by atoms with Crippen LogP contribution >= 0.6 is 0 Å². The minimum atomic E-state index is -0.286. The van der Waals surface area contributed by atoms with Crippen LogP contribution in [-0.4, -0.2) is 42.9 Å². The van der Waals surface area contributed by atoms with E-state index < -0.39 is 0 Å². The van der Waals surface area contributed by atoms with Crippen molar-refractivity contribution >= 4 is 11.8 Å². The molecule has 1 aromatic rings. The van der Waals surface area contributed by atoms with Crippen LogP contribution in [0.15, 0.2) is 42.1 Å². The predicted molar refractivity (Wildman–Crippen MR) is 107 cm³/mol. The highest BCUT2D eigenvalue weighted by atomic mass is 16.2. The van der Waals surface area contributed by atoms with E-state index in [9.17, 15) is 14.9 Å². The highest BCUT2D eigenvalue weighted by molar-refractivity contribution is 5.97. The number of benzene rings is 1. The lowest BCUT2D eigenvalue weighted by Gasteiger charge is -2.32. The highest BCUT2D eigenvalue weighted by Gasteiger charge is 2.26. The lowest BCUT2D eigenvalue weighted by atomic mass is 9.90. The Kier molecular flexibility index (Phi) is 7.21. The van der Waals surface area contributed by atoms with Crippen LogP contribution in [-0.2, 0) is 16.0 Å². The molecular formula is C22H28N4O2. The zero-order valence-corrected chi connectivity index (χ0v) is 16.2. The van der Waals surface area contributed by atoms with Crippen LogP contribution in [0.3, 0.4) is 0 Å². The molecule has 2 amide bonds. The maximum absolute atomic E-state index is 12.7. The number of amides is 2. The molecule has 6 nitrogen and oxygen atoms in total. The third-order valence-corrected chi connectivity index (χ3v) is 5.69. The summed E-state index contributed by atoms with van der Waals surface area (Å²) in [5.74, 6) is 0.108. The van der Waals surface area contributed by atoms with Gasteiger partial charge in [0.2, 0.25) is 5.91 Å². The van der Waals surface area contributed by atoms with Gasteiger partial charge in [0.1, 0.15) is 11.6 Å². The minimum Gasteiger partial charge on any atom is -0.338 e. The van der Waals surface area contributed by atoms with Crippen molar-refractivity contribution in [3.8, 4) is 6.07 Å². The van der Waals surface area contributed by atoms with E-state index in [4.69, 9.17) is 0 Å². The summed E-state index contributed by atoms with van der Waals surface area (Å²) in [6, 6.07) is 12.3. The number of nitriles is 1. The van der Waals surface area contributed by atoms with Gasteiger partial charge in [0.15, 0.2) is 0 Å². The largest absolute Gasteiger partial charge is 0.338 e. The van der Waals surface area contributed by atoms with E-state index in [0.29, 0.717) is 19.0 Å². The molecule has 2 heterocycles. The third-order valence-electron chi connectivity index (χ3n) is 5.69. The molecule has 2 fully saturated rings. The summed E-state index contributed by atoms with van der Waals surface area (Å²) in [5.41, 5.74) is 1.33. The molecule has 6 heteroatoms. The second-order valence-corrected chi connectivity index (χ2v) is 7.63. The van der Waals surface area contributed by atoms with Gasteiger partial charge in [-0.15, -0.1) is 0 Å². The molecule has 0 bridgehead atoms. The van der Waals surface area contributed by atoms with Crippen molar-refractivity contribution in [1.82, 2.24) is 15.5 Å². The Morgan fingerprint density at radius 2 is 1.82 bits per heavy atom. The van der Waals surface area contributed by atoms with Gasteiger partial charge in [-0.05, 0) is 56.7 Å². The van der Waals surface area contributed by atoms with Gasteiger partial charge >= 0.3 is 0 Å². The Hall–Kier alpha value is -2.65. The fourth-order valence-electron chi connectivity index (χ4n) is 3.95. The molecule has 2 saturated heterocycles. The Bertz CT molecular complexity index is 740. The molecule has 148 valence electrons. The Balaban J connectivity index is 1.49. The molecule has 0 aromatic heterocycles. The monoisotopic (exact) mass is 380 g/mol. The maximum Gasteiger partial charge on any atom is 0.266 e. The quantitative estimate of drug-likeness (QED) is 0.604. The summed E-state index contributed by atoms with van der Waals surface area (Å²) >= 11 is 0. The molecule has 1 aromatic carbocycles. The van der Waals surface area contributed by atoms with E-state index in [1.807, 2.05) is 12.1 Å². The molecular weight excluding hydrogens is 352 g/mol. The summed E-state index contributed by atoms with van der Waals surface area (Å²) in [7, 11) is 0. The van der Waals surface area contributed by atoms with Crippen molar-refractivity contribution in [2.75, 3.05) is 26.2 Å². The van der Waals surface area contributed by atoms with Crippen molar-refractivity contribution in [3.63, 3.8) is 0 Å². The van der Waals surface area contributed by atoms with Gasteiger partial charge in [-0.3, -0.25) is 9.59 Å². The molecule has 2 aliphatic heterocycles. The van der Waals surface area contributed by atoms with Crippen molar-refractivity contribution in [2.24, 2.45) is 11.8 Å². The lowest BCUT2D eigenvalue weighted by Crippen LogP contribution is -2.40. The zero-order chi connectivity index (χ0) is 19.8. The zero-order valence-electron chi connectivity index (χ0n) is 16.2. The van der Waals surface area contributed by atoms with Crippen molar-refractivity contribution in [3.05, 3.63) is 47.7 Å².